The molecule has 0 aliphatic heterocycles. The lowest BCUT2D eigenvalue weighted by Crippen LogP contribution is -2.48. The molecule has 1 rings (SSSR count). The Kier molecular flexibility index (Phi) is 4.35. The molecule has 0 spiro atoms. The van der Waals surface area contributed by atoms with E-state index in [0.717, 1.165) is 0 Å². The Balaban J connectivity index is 2.36. The van der Waals surface area contributed by atoms with Crippen molar-refractivity contribution in [3.8, 4) is 0 Å². The Morgan fingerprint density at radius 3 is 2.43 bits per heavy atom. The number of hydrogen-bond donors (Lipinski definition) is 2. The highest BCUT2D eigenvalue weighted by atomic mass is 16.3. The minimum Gasteiger partial charge on any atom is -0.388 e. The molecule has 1 fully saturated rings. The number of aliphatic hydroxyl groups is 1. The largest absolute Gasteiger partial charge is 0.388 e. The number of likely N-dealkylation sites (N-methyl/N-ethyl adjacent to an activating group) is 1. The number of nitrogens with zero attached hydrogens (tertiary/aromatic N) is 1. The van der Waals surface area contributed by atoms with Crippen molar-refractivity contribution in [2.45, 2.75) is 50.7 Å². The van der Waals surface area contributed by atoms with E-state index in [1.54, 1.807) is 0 Å². The summed E-state index contributed by atoms with van der Waals surface area (Å²) in [5, 5.41) is 9.86. The van der Waals surface area contributed by atoms with Gasteiger partial charge in [0.15, 0.2) is 0 Å². The Morgan fingerprint density at radius 1 is 1.36 bits per heavy atom. The van der Waals surface area contributed by atoms with Gasteiger partial charge in [0.1, 0.15) is 0 Å². The molecule has 84 valence electrons. The van der Waals surface area contributed by atoms with Gasteiger partial charge in [-0.15, -0.1) is 0 Å². The average Bonchev–Trinajstić information content (AvgIpc) is 2.19. The molecule has 0 aromatic heterocycles. The monoisotopic (exact) mass is 200 g/mol. The first-order chi connectivity index (χ1) is 6.55. The molecule has 0 bridgehead atoms. The summed E-state index contributed by atoms with van der Waals surface area (Å²) in [5.74, 6) is 0. The van der Waals surface area contributed by atoms with Crippen molar-refractivity contribution in [3.63, 3.8) is 0 Å². The van der Waals surface area contributed by atoms with Crippen LogP contribution in [-0.2, 0) is 0 Å². The fraction of sp³-hybridized carbons (Fsp3) is 1.00. The Labute approximate surface area is 87.3 Å². The molecular formula is C11H24N2O. The highest BCUT2D eigenvalue weighted by Crippen LogP contribution is 2.22. The number of hydrogen-bond acceptors (Lipinski definition) is 3. The predicted octanol–water partition coefficient (Wildman–Crippen LogP) is 0.961. The first kappa shape index (κ1) is 12.0. The third-order valence-corrected chi connectivity index (χ3v) is 3.23. The van der Waals surface area contributed by atoms with Gasteiger partial charge in [-0.1, -0.05) is 19.3 Å². The first-order valence-corrected chi connectivity index (χ1v) is 5.68. The van der Waals surface area contributed by atoms with Crippen LogP contribution in [0.3, 0.4) is 0 Å². The molecule has 0 saturated heterocycles. The Morgan fingerprint density at radius 2 is 1.93 bits per heavy atom. The highest BCUT2D eigenvalue weighted by Gasteiger charge is 2.25. The topological polar surface area (TPSA) is 49.5 Å². The van der Waals surface area contributed by atoms with Gasteiger partial charge < -0.3 is 15.7 Å². The summed E-state index contributed by atoms with van der Waals surface area (Å²) < 4.78 is 0. The molecule has 1 aliphatic carbocycles. The van der Waals surface area contributed by atoms with Gasteiger partial charge in [-0.2, -0.15) is 0 Å². The van der Waals surface area contributed by atoms with Gasteiger partial charge in [0.05, 0.1) is 5.60 Å². The predicted molar refractivity (Wildman–Crippen MR) is 59.2 cm³/mol. The zero-order chi connectivity index (χ0) is 10.6. The molecule has 0 aromatic rings. The second kappa shape index (κ2) is 5.10. The fourth-order valence-electron chi connectivity index (χ4n) is 2.25. The lowest BCUT2D eigenvalue weighted by Gasteiger charge is -2.35. The van der Waals surface area contributed by atoms with Crippen LogP contribution < -0.4 is 5.73 Å². The summed E-state index contributed by atoms with van der Waals surface area (Å²) in [4.78, 5) is 2.27. The van der Waals surface area contributed by atoms with Crippen molar-refractivity contribution >= 4 is 0 Å². The van der Waals surface area contributed by atoms with Crippen LogP contribution in [0.15, 0.2) is 0 Å². The minimum absolute atomic E-state index is 0.337. The van der Waals surface area contributed by atoms with Gasteiger partial charge in [0, 0.05) is 19.1 Å². The van der Waals surface area contributed by atoms with Crippen LogP contribution >= 0.6 is 0 Å². The second-order valence-electron chi connectivity index (χ2n) is 4.91. The van der Waals surface area contributed by atoms with Crippen LogP contribution in [0.25, 0.3) is 0 Å². The van der Waals surface area contributed by atoms with E-state index in [9.17, 15) is 5.11 Å². The van der Waals surface area contributed by atoms with E-state index in [4.69, 9.17) is 5.73 Å². The molecule has 1 aliphatic rings. The van der Waals surface area contributed by atoms with E-state index in [2.05, 4.69) is 11.9 Å². The normalized spacial score (nSPS) is 23.8. The van der Waals surface area contributed by atoms with Crippen molar-refractivity contribution in [1.82, 2.24) is 4.90 Å². The highest BCUT2D eigenvalue weighted by molar-refractivity contribution is 4.81. The Hall–Kier alpha value is -0.120. The smallest absolute Gasteiger partial charge is 0.0867 e. The standard InChI is InChI=1S/C11H24N2O/c1-11(14,8-12)9-13(2)10-6-4-3-5-7-10/h10,14H,3-9,12H2,1-2H3. The maximum Gasteiger partial charge on any atom is 0.0867 e. The quantitative estimate of drug-likeness (QED) is 0.710. The van der Waals surface area contributed by atoms with Gasteiger partial charge in [0.2, 0.25) is 0 Å². The number of rotatable bonds is 4. The van der Waals surface area contributed by atoms with Crippen LogP contribution in [-0.4, -0.2) is 41.8 Å². The van der Waals surface area contributed by atoms with Gasteiger partial charge in [-0.05, 0) is 26.8 Å². The minimum atomic E-state index is -0.730. The van der Waals surface area contributed by atoms with Crippen molar-refractivity contribution in [2.24, 2.45) is 5.73 Å². The van der Waals surface area contributed by atoms with Crippen LogP contribution in [0.4, 0.5) is 0 Å². The molecule has 1 saturated carbocycles. The zero-order valence-corrected chi connectivity index (χ0v) is 9.50. The molecule has 3 nitrogen and oxygen atoms in total. The van der Waals surface area contributed by atoms with E-state index in [0.29, 0.717) is 19.1 Å². The number of nitrogens with two attached hydrogens (primary N) is 1. The SMILES string of the molecule is CN(CC(C)(O)CN)C1CCCCC1. The molecule has 0 heterocycles. The van der Waals surface area contributed by atoms with Gasteiger partial charge in [-0.25, -0.2) is 0 Å². The first-order valence-electron chi connectivity index (χ1n) is 5.68. The summed E-state index contributed by atoms with van der Waals surface area (Å²) in [6, 6.07) is 0.654. The van der Waals surface area contributed by atoms with Crippen molar-refractivity contribution in [2.75, 3.05) is 20.1 Å². The van der Waals surface area contributed by atoms with E-state index in [1.165, 1.54) is 32.1 Å². The lowest BCUT2D eigenvalue weighted by atomic mass is 9.93. The lowest BCUT2D eigenvalue weighted by molar-refractivity contribution is 0.0173. The summed E-state index contributed by atoms with van der Waals surface area (Å²) >= 11 is 0. The molecule has 3 heteroatoms. The fourth-order valence-corrected chi connectivity index (χ4v) is 2.25. The third kappa shape index (κ3) is 3.56. The summed E-state index contributed by atoms with van der Waals surface area (Å²) in [7, 11) is 2.10. The van der Waals surface area contributed by atoms with E-state index >= 15 is 0 Å². The maximum atomic E-state index is 9.86. The summed E-state index contributed by atoms with van der Waals surface area (Å²) in [6.45, 7) is 2.84. The summed E-state index contributed by atoms with van der Waals surface area (Å²) in [6.07, 6.45) is 6.59. The van der Waals surface area contributed by atoms with E-state index in [-0.39, 0.29) is 0 Å². The van der Waals surface area contributed by atoms with Gasteiger partial charge in [0.25, 0.3) is 0 Å². The van der Waals surface area contributed by atoms with Crippen molar-refractivity contribution < 1.29 is 5.11 Å². The molecule has 14 heavy (non-hydrogen) atoms. The molecule has 1 atom stereocenters. The maximum absolute atomic E-state index is 9.86. The van der Waals surface area contributed by atoms with Crippen molar-refractivity contribution in [3.05, 3.63) is 0 Å². The van der Waals surface area contributed by atoms with Crippen LogP contribution in [0.2, 0.25) is 0 Å². The van der Waals surface area contributed by atoms with Gasteiger partial charge >= 0.3 is 0 Å². The van der Waals surface area contributed by atoms with Crippen molar-refractivity contribution in [1.29, 1.82) is 0 Å². The third-order valence-electron chi connectivity index (χ3n) is 3.23. The van der Waals surface area contributed by atoms with E-state index < -0.39 is 5.60 Å². The second-order valence-corrected chi connectivity index (χ2v) is 4.91. The van der Waals surface area contributed by atoms with Crippen LogP contribution in [0.5, 0.6) is 0 Å². The molecular weight excluding hydrogens is 176 g/mol. The molecule has 1 unspecified atom stereocenters. The molecule has 3 N–H and O–H groups in total. The van der Waals surface area contributed by atoms with Crippen LogP contribution in [0, 0.1) is 0 Å². The Bertz CT molecular complexity index is 165. The van der Waals surface area contributed by atoms with E-state index in [1.807, 2.05) is 6.92 Å². The van der Waals surface area contributed by atoms with Gasteiger partial charge in [-0.3, -0.25) is 0 Å². The summed E-state index contributed by atoms with van der Waals surface area (Å²) in [5.41, 5.74) is 4.78. The zero-order valence-electron chi connectivity index (χ0n) is 9.50. The van der Waals surface area contributed by atoms with Crippen LogP contribution in [0.1, 0.15) is 39.0 Å². The molecule has 0 radical (unpaired) electrons. The average molecular weight is 200 g/mol. The molecule has 0 amide bonds. The molecule has 0 aromatic carbocycles.